The fraction of sp³-hybridized carbons (Fsp3) is 0.500. The molecular weight excluding hydrogens is 297 g/mol. The third-order valence-corrected chi connectivity index (χ3v) is 4.52. The maximum absolute atomic E-state index is 5.94. The third-order valence-electron chi connectivity index (χ3n) is 2.62. The molecule has 1 aliphatic rings. The Kier molecular flexibility index (Phi) is 3.03. The molecule has 2 heterocycles. The van der Waals surface area contributed by atoms with Crippen LogP contribution in [0.1, 0.15) is 12.2 Å². The fourth-order valence-electron chi connectivity index (χ4n) is 1.46. The number of aryl methyl sites for hydroxylation is 1. The van der Waals surface area contributed by atoms with Crippen LogP contribution in [-0.4, -0.2) is 25.4 Å². The first-order valence-electron chi connectivity index (χ1n) is 5.32. The van der Waals surface area contributed by atoms with E-state index in [9.17, 15) is 0 Å². The van der Waals surface area contributed by atoms with Crippen LogP contribution in [0.25, 0.3) is 11.6 Å². The number of aromatic nitrogens is 3. The van der Waals surface area contributed by atoms with Gasteiger partial charge in [0, 0.05) is 17.7 Å². The van der Waals surface area contributed by atoms with Gasteiger partial charge in [0.2, 0.25) is 0 Å². The van der Waals surface area contributed by atoms with Crippen LogP contribution in [0.4, 0.5) is 0 Å². The molecule has 18 heavy (non-hydrogen) atoms. The molecule has 0 spiro atoms. The third kappa shape index (κ3) is 2.50. The summed E-state index contributed by atoms with van der Waals surface area (Å²) in [4.78, 5) is 0. The van der Waals surface area contributed by atoms with Crippen molar-refractivity contribution in [3.05, 3.63) is 11.8 Å². The standard InChI is InChI=1S/C10H9Cl2N3O2S/c1-5-2-7(15-17-5)8-13-14-9(16-8)18-4-6-3-10(6,11)12/h2,6H,3-4H2,1H3. The summed E-state index contributed by atoms with van der Waals surface area (Å²) in [5.41, 5.74) is 0.544. The first-order chi connectivity index (χ1) is 8.54. The van der Waals surface area contributed by atoms with E-state index in [0.717, 1.165) is 12.2 Å². The normalized spacial score (nSPS) is 21.2. The highest BCUT2D eigenvalue weighted by atomic mass is 35.5. The minimum absolute atomic E-state index is 0.287. The lowest BCUT2D eigenvalue weighted by molar-refractivity contribution is 0.394. The van der Waals surface area contributed by atoms with Crippen LogP contribution in [0.3, 0.4) is 0 Å². The first-order valence-corrected chi connectivity index (χ1v) is 7.06. The number of thioether (sulfide) groups is 1. The van der Waals surface area contributed by atoms with E-state index < -0.39 is 4.33 Å². The Hall–Kier alpha value is -0.720. The van der Waals surface area contributed by atoms with Crippen molar-refractivity contribution in [2.24, 2.45) is 5.92 Å². The maximum atomic E-state index is 5.94. The molecule has 3 rings (SSSR count). The quantitative estimate of drug-likeness (QED) is 0.638. The van der Waals surface area contributed by atoms with Crippen LogP contribution in [0.5, 0.6) is 0 Å². The number of alkyl halides is 2. The second-order valence-corrected chi connectivity index (χ2v) is 6.68. The van der Waals surface area contributed by atoms with Gasteiger partial charge in [-0.15, -0.1) is 33.4 Å². The van der Waals surface area contributed by atoms with E-state index >= 15 is 0 Å². The highest BCUT2D eigenvalue weighted by Crippen LogP contribution is 2.54. The molecule has 1 aliphatic carbocycles. The van der Waals surface area contributed by atoms with Crippen molar-refractivity contribution in [1.29, 1.82) is 0 Å². The first kappa shape index (κ1) is 12.3. The van der Waals surface area contributed by atoms with Gasteiger partial charge in [-0.2, -0.15) is 0 Å². The fourth-order valence-corrected chi connectivity index (χ4v) is 3.15. The summed E-state index contributed by atoms with van der Waals surface area (Å²) >= 11 is 13.3. The zero-order chi connectivity index (χ0) is 12.8. The minimum Gasteiger partial charge on any atom is -0.409 e. The monoisotopic (exact) mass is 305 g/mol. The van der Waals surface area contributed by atoms with Crippen LogP contribution in [-0.2, 0) is 0 Å². The number of hydrogen-bond donors (Lipinski definition) is 0. The van der Waals surface area contributed by atoms with Crippen molar-refractivity contribution in [2.45, 2.75) is 22.9 Å². The highest BCUT2D eigenvalue weighted by molar-refractivity contribution is 7.99. The molecule has 0 saturated heterocycles. The van der Waals surface area contributed by atoms with E-state index in [0.29, 0.717) is 22.6 Å². The van der Waals surface area contributed by atoms with Gasteiger partial charge >= 0.3 is 0 Å². The lowest BCUT2D eigenvalue weighted by atomic mass is 10.4. The molecular formula is C10H9Cl2N3O2S. The zero-order valence-corrected chi connectivity index (χ0v) is 11.7. The number of rotatable bonds is 4. The molecule has 1 atom stereocenters. The maximum Gasteiger partial charge on any atom is 0.276 e. The molecule has 2 aromatic rings. The highest BCUT2D eigenvalue weighted by Gasteiger charge is 2.51. The Balaban J connectivity index is 1.63. The molecule has 0 aromatic carbocycles. The number of hydrogen-bond acceptors (Lipinski definition) is 6. The largest absolute Gasteiger partial charge is 0.409 e. The van der Waals surface area contributed by atoms with Crippen LogP contribution in [0, 0.1) is 12.8 Å². The second-order valence-electron chi connectivity index (χ2n) is 4.17. The Labute approximate surface area is 117 Å². The zero-order valence-electron chi connectivity index (χ0n) is 9.39. The molecule has 5 nitrogen and oxygen atoms in total. The predicted molar refractivity (Wildman–Crippen MR) is 67.8 cm³/mol. The summed E-state index contributed by atoms with van der Waals surface area (Å²) in [6.45, 7) is 1.80. The van der Waals surface area contributed by atoms with Crippen molar-refractivity contribution in [2.75, 3.05) is 5.75 Å². The molecule has 1 unspecified atom stereocenters. The summed E-state index contributed by atoms with van der Waals surface area (Å²) in [6, 6.07) is 1.74. The van der Waals surface area contributed by atoms with Gasteiger partial charge in [0.1, 0.15) is 10.1 Å². The topological polar surface area (TPSA) is 65.0 Å². The van der Waals surface area contributed by atoms with Gasteiger partial charge in [-0.1, -0.05) is 16.9 Å². The lowest BCUT2D eigenvalue weighted by Crippen LogP contribution is -1.92. The Morgan fingerprint density at radius 3 is 2.89 bits per heavy atom. The molecule has 0 N–H and O–H groups in total. The molecule has 8 heteroatoms. The van der Waals surface area contributed by atoms with Crippen LogP contribution in [0.15, 0.2) is 20.2 Å². The van der Waals surface area contributed by atoms with E-state index in [1.54, 1.807) is 13.0 Å². The molecule has 96 valence electrons. The van der Waals surface area contributed by atoms with Gasteiger partial charge in [-0.05, 0) is 13.3 Å². The number of halogens is 2. The number of nitrogens with zero attached hydrogens (tertiary/aromatic N) is 3. The van der Waals surface area contributed by atoms with Gasteiger partial charge in [-0.3, -0.25) is 0 Å². The van der Waals surface area contributed by atoms with E-state index in [4.69, 9.17) is 32.1 Å². The molecule has 1 saturated carbocycles. The van der Waals surface area contributed by atoms with Gasteiger partial charge in [0.05, 0.1) is 0 Å². The van der Waals surface area contributed by atoms with Gasteiger partial charge in [0.15, 0.2) is 5.69 Å². The average Bonchev–Trinajstić information content (AvgIpc) is 2.77. The van der Waals surface area contributed by atoms with Crippen LogP contribution >= 0.6 is 35.0 Å². The summed E-state index contributed by atoms with van der Waals surface area (Å²) in [5.74, 6) is 2.11. The Morgan fingerprint density at radius 1 is 1.50 bits per heavy atom. The van der Waals surface area contributed by atoms with Crippen LogP contribution < -0.4 is 0 Å². The van der Waals surface area contributed by atoms with Gasteiger partial charge in [0.25, 0.3) is 11.1 Å². The van der Waals surface area contributed by atoms with Crippen molar-refractivity contribution < 1.29 is 8.94 Å². The van der Waals surface area contributed by atoms with E-state index in [1.807, 2.05) is 0 Å². The summed E-state index contributed by atoms with van der Waals surface area (Å²) in [6.07, 6.45) is 0.812. The van der Waals surface area contributed by atoms with E-state index in [2.05, 4.69) is 15.4 Å². The molecule has 1 fully saturated rings. The van der Waals surface area contributed by atoms with Crippen molar-refractivity contribution in [1.82, 2.24) is 15.4 Å². The summed E-state index contributed by atoms with van der Waals surface area (Å²) in [5, 5.41) is 12.1. The summed E-state index contributed by atoms with van der Waals surface area (Å²) in [7, 11) is 0. The molecule has 0 radical (unpaired) electrons. The SMILES string of the molecule is Cc1cc(-c2nnc(SCC3CC3(Cl)Cl)o2)no1. The van der Waals surface area contributed by atoms with Gasteiger partial charge < -0.3 is 8.94 Å². The minimum atomic E-state index is -0.570. The van der Waals surface area contributed by atoms with E-state index in [-0.39, 0.29) is 5.92 Å². The average molecular weight is 306 g/mol. The Bertz CT molecular complexity index is 569. The molecule has 2 aromatic heterocycles. The lowest BCUT2D eigenvalue weighted by Gasteiger charge is -1.95. The van der Waals surface area contributed by atoms with Crippen molar-refractivity contribution in [3.63, 3.8) is 0 Å². The second kappa shape index (κ2) is 4.43. The Morgan fingerprint density at radius 2 is 2.28 bits per heavy atom. The molecule has 0 bridgehead atoms. The predicted octanol–water partition coefficient (Wildman–Crippen LogP) is 3.32. The molecule has 0 amide bonds. The smallest absolute Gasteiger partial charge is 0.276 e. The van der Waals surface area contributed by atoms with Crippen molar-refractivity contribution in [3.8, 4) is 11.6 Å². The molecule has 0 aliphatic heterocycles. The van der Waals surface area contributed by atoms with Crippen molar-refractivity contribution >= 4 is 35.0 Å². The van der Waals surface area contributed by atoms with Gasteiger partial charge in [-0.25, -0.2) is 0 Å². The van der Waals surface area contributed by atoms with E-state index in [1.165, 1.54) is 11.8 Å². The van der Waals surface area contributed by atoms with Crippen LogP contribution in [0.2, 0.25) is 0 Å². The summed E-state index contributed by atoms with van der Waals surface area (Å²) < 4.78 is 9.84.